The molecule has 0 aliphatic heterocycles. The lowest BCUT2D eigenvalue weighted by Crippen LogP contribution is -2.24. The number of rotatable bonds is 4. The molecule has 1 rings (SSSR count). The second-order valence-electron chi connectivity index (χ2n) is 3.07. The predicted octanol–water partition coefficient (Wildman–Crippen LogP) is 0.576. The lowest BCUT2D eigenvalue weighted by Gasteiger charge is -2.08. The van der Waals surface area contributed by atoms with Gasteiger partial charge in [0.2, 0.25) is 0 Å². The number of halogens is 1. The van der Waals surface area contributed by atoms with Crippen LogP contribution in [0.15, 0.2) is 33.6 Å². The first-order valence-electron chi connectivity index (χ1n) is 4.23. The molecule has 15 heavy (non-hydrogen) atoms. The van der Waals surface area contributed by atoms with E-state index in [1.54, 1.807) is 12.1 Å². The molecule has 6 heteroatoms. The van der Waals surface area contributed by atoms with Crippen molar-refractivity contribution in [1.29, 1.82) is 0 Å². The van der Waals surface area contributed by atoms with Crippen molar-refractivity contribution in [3.05, 3.63) is 28.7 Å². The fourth-order valence-electron chi connectivity index (χ4n) is 1.04. The maximum atomic E-state index is 11.6. The molecule has 0 saturated carbocycles. The van der Waals surface area contributed by atoms with Gasteiger partial charge in [0.1, 0.15) is 0 Å². The van der Waals surface area contributed by atoms with Crippen molar-refractivity contribution in [1.82, 2.24) is 0 Å². The molecule has 0 bridgehead atoms. The SMILES string of the molecule is O=S(=O)(CC(O)CO)c1ccc(Br)cc1. The van der Waals surface area contributed by atoms with E-state index >= 15 is 0 Å². The minimum atomic E-state index is -3.52. The second kappa shape index (κ2) is 5.07. The van der Waals surface area contributed by atoms with E-state index in [9.17, 15) is 8.42 Å². The molecule has 0 aromatic heterocycles. The van der Waals surface area contributed by atoms with Gasteiger partial charge in [-0.15, -0.1) is 0 Å². The van der Waals surface area contributed by atoms with Crippen molar-refractivity contribution in [2.24, 2.45) is 0 Å². The van der Waals surface area contributed by atoms with Crippen molar-refractivity contribution in [3.8, 4) is 0 Å². The third-order valence-electron chi connectivity index (χ3n) is 1.80. The quantitative estimate of drug-likeness (QED) is 0.852. The van der Waals surface area contributed by atoms with Crippen LogP contribution in [-0.2, 0) is 9.84 Å². The summed E-state index contributed by atoms with van der Waals surface area (Å²) in [6.07, 6.45) is -1.24. The summed E-state index contributed by atoms with van der Waals surface area (Å²) in [7, 11) is -3.52. The van der Waals surface area contributed by atoms with Gasteiger partial charge in [-0.3, -0.25) is 0 Å². The van der Waals surface area contributed by atoms with Crippen molar-refractivity contribution in [2.75, 3.05) is 12.4 Å². The van der Waals surface area contributed by atoms with Crippen molar-refractivity contribution < 1.29 is 18.6 Å². The van der Waals surface area contributed by atoms with E-state index < -0.39 is 28.3 Å². The number of hydrogen-bond acceptors (Lipinski definition) is 4. The Bertz CT molecular complexity index is 412. The number of sulfone groups is 1. The Balaban J connectivity index is 2.91. The summed E-state index contributed by atoms with van der Waals surface area (Å²) in [5.41, 5.74) is 0. The molecule has 2 N–H and O–H groups in total. The van der Waals surface area contributed by atoms with Crippen LogP contribution in [-0.4, -0.2) is 37.1 Å². The minimum absolute atomic E-state index is 0.137. The van der Waals surface area contributed by atoms with E-state index in [1.165, 1.54) is 12.1 Å². The van der Waals surface area contributed by atoms with Gasteiger partial charge in [-0.25, -0.2) is 8.42 Å². The monoisotopic (exact) mass is 294 g/mol. The van der Waals surface area contributed by atoms with E-state index in [0.29, 0.717) is 0 Å². The van der Waals surface area contributed by atoms with Crippen LogP contribution >= 0.6 is 15.9 Å². The van der Waals surface area contributed by atoms with Crippen molar-refractivity contribution >= 4 is 25.8 Å². The highest BCUT2D eigenvalue weighted by molar-refractivity contribution is 9.10. The molecule has 0 saturated heterocycles. The first kappa shape index (κ1) is 12.6. The van der Waals surface area contributed by atoms with Gasteiger partial charge in [-0.05, 0) is 24.3 Å². The van der Waals surface area contributed by atoms with Crippen LogP contribution in [0.1, 0.15) is 0 Å². The number of benzene rings is 1. The van der Waals surface area contributed by atoms with Crippen LogP contribution < -0.4 is 0 Å². The van der Waals surface area contributed by atoms with Crippen LogP contribution in [0, 0.1) is 0 Å². The number of hydrogen-bond donors (Lipinski definition) is 2. The molecule has 0 radical (unpaired) electrons. The molecular formula is C9H11BrO4S. The molecule has 0 aliphatic rings. The zero-order chi connectivity index (χ0) is 11.5. The van der Waals surface area contributed by atoms with Crippen LogP contribution in [0.5, 0.6) is 0 Å². The maximum Gasteiger partial charge on any atom is 0.181 e. The summed E-state index contributed by atoms with van der Waals surface area (Å²) < 4.78 is 24.0. The summed E-state index contributed by atoms with van der Waals surface area (Å²) in [5, 5.41) is 17.6. The van der Waals surface area contributed by atoms with E-state index in [2.05, 4.69) is 15.9 Å². The van der Waals surface area contributed by atoms with E-state index in [-0.39, 0.29) is 4.90 Å². The van der Waals surface area contributed by atoms with Crippen molar-refractivity contribution in [2.45, 2.75) is 11.0 Å². The molecule has 0 heterocycles. The third-order valence-corrected chi connectivity index (χ3v) is 4.14. The van der Waals surface area contributed by atoms with Gasteiger partial charge in [0.25, 0.3) is 0 Å². The van der Waals surface area contributed by atoms with Crippen LogP contribution in [0.25, 0.3) is 0 Å². The lowest BCUT2D eigenvalue weighted by atomic mass is 10.4. The van der Waals surface area contributed by atoms with Gasteiger partial charge in [-0.1, -0.05) is 15.9 Å². The van der Waals surface area contributed by atoms with Gasteiger partial charge >= 0.3 is 0 Å². The average molecular weight is 295 g/mol. The first-order chi connectivity index (χ1) is 6.95. The smallest absolute Gasteiger partial charge is 0.181 e. The fraction of sp³-hybridized carbons (Fsp3) is 0.333. The molecule has 0 fully saturated rings. The molecule has 0 amide bonds. The third kappa shape index (κ3) is 3.57. The highest BCUT2D eigenvalue weighted by Crippen LogP contribution is 2.16. The van der Waals surface area contributed by atoms with Gasteiger partial charge < -0.3 is 10.2 Å². The van der Waals surface area contributed by atoms with E-state index in [0.717, 1.165) is 4.47 Å². The Morgan fingerprint density at radius 2 is 1.80 bits per heavy atom. The molecular weight excluding hydrogens is 284 g/mol. The highest BCUT2D eigenvalue weighted by Gasteiger charge is 2.18. The molecule has 1 aromatic rings. The zero-order valence-electron chi connectivity index (χ0n) is 7.80. The molecule has 4 nitrogen and oxygen atoms in total. The summed E-state index contributed by atoms with van der Waals surface area (Å²) >= 11 is 3.19. The van der Waals surface area contributed by atoms with Crippen LogP contribution in [0.3, 0.4) is 0 Å². The number of aliphatic hydroxyl groups excluding tert-OH is 2. The largest absolute Gasteiger partial charge is 0.394 e. The van der Waals surface area contributed by atoms with Gasteiger partial charge in [0.15, 0.2) is 9.84 Å². The topological polar surface area (TPSA) is 74.6 Å². The Labute approximate surface area is 96.6 Å². The van der Waals surface area contributed by atoms with Gasteiger partial charge in [0.05, 0.1) is 23.4 Å². The summed E-state index contributed by atoms with van der Waals surface area (Å²) in [6, 6.07) is 6.11. The molecule has 84 valence electrons. The predicted molar refractivity (Wildman–Crippen MR) is 59.3 cm³/mol. The lowest BCUT2D eigenvalue weighted by molar-refractivity contribution is 0.112. The van der Waals surface area contributed by atoms with Crippen molar-refractivity contribution in [3.63, 3.8) is 0 Å². The average Bonchev–Trinajstić information content (AvgIpc) is 2.17. The molecule has 1 unspecified atom stereocenters. The molecule has 0 spiro atoms. The molecule has 1 atom stereocenters. The Morgan fingerprint density at radius 3 is 2.27 bits per heavy atom. The Hall–Kier alpha value is -0.430. The van der Waals surface area contributed by atoms with Crippen LogP contribution in [0.2, 0.25) is 0 Å². The summed E-state index contributed by atoms with van der Waals surface area (Å²) in [5.74, 6) is -0.467. The minimum Gasteiger partial charge on any atom is -0.394 e. The first-order valence-corrected chi connectivity index (χ1v) is 6.67. The highest BCUT2D eigenvalue weighted by atomic mass is 79.9. The molecule has 1 aromatic carbocycles. The normalized spacial score (nSPS) is 13.8. The summed E-state index contributed by atoms with van der Waals surface area (Å²) in [6.45, 7) is -0.560. The van der Waals surface area contributed by atoms with Gasteiger partial charge in [-0.2, -0.15) is 0 Å². The molecule has 0 aliphatic carbocycles. The summed E-state index contributed by atoms with van der Waals surface area (Å²) in [4.78, 5) is 0.137. The number of aliphatic hydroxyl groups is 2. The second-order valence-corrected chi connectivity index (χ2v) is 6.02. The van der Waals surface area contributed by atoms with E-state index in [1.807, 2.05) is 0 Å². The van der Waals surface area contributed by atoms with Crippen LogP contribution in [0.4, 0.5) is 0 Å². The standard InChI is InChI=1S/C9H11BrO4S/c10-7-1-3-9(4-2-7)15(13,14)6-8(12)5-11/h1-4,8,11-12H,5-6H2. The van der Waals surface area contributed by atoms with Gasteiger partial charge in [0, 0.05) is 4.47 Å². The Kier molecular flexibility index (Phi) is 4.27. The van der Waals surface area contributed by atoms with E-state index in [4.69, 9.17) is 10.2 Å². The zero-order valence-corrected chi connectivity index (χ0v) is 10.2. The fourth-order valence-corrected chi connectivity index (χ4v) is 2.66. The maximum absolute atomic E-state index is 11.6. The Morgan fingerprint density at radius 1 is 1.27 bits per heavy atom.